The minimum absolute atomic E-state index is 0.127. The van der Waals surface area contributed by atoms with Crippen molar-refractivity contribution in [2.75, 3.05) is 19.7 Å². The number of piperidine rings is 1. The van der Waals surface area contributed by atoms with E-state index < -0.39 is 5.97 Å². The topological polar surface area (TPSA) is 95.9 Å². The fourth-order valence-electron chi connectivity index (χ4n) is 2.63. The molecule has 2 rings (SSSR count). The molecule has 0 atom stereocenters. The van der Waals surface area contributed by atoms with Gasteiger partial charge in [-0.25, -0.2) is 9.59 Å². The van der Waals surface area contributed by atoms with E-state index in [1.54, 1.807) is 24.0 Å². The molecule has 1 aromatic carbocycles. The van der Waals surface area contributed by atoms with Crippen molar-refractivity contribution in [2.24, 2.45) is 5.92 Å². The quantitative estimate of drug-likeness (QED) is 0.802. The number of carbonyl (C=O) groups is 3. The number of benzene rings is 1. The number of amides is 2. The molecular formula is C17H22N2O5. The SMILES string of the molecule is CCOC(=O)C1CCN(C(=O)NCc2ccc(C(=O)O)cc2)CC1. The van der Waals surface area contributed by atoms with Gasteiger partial charge in [-0.05, 0) is 37.5 Å². The van der Waals surface area contributed by atoms with Crippen molar-refractivity contribution in [1.29, 1.82) is 0 Å². The van der Waals surface area contributed by atoms with Crippen molar-refractivity contribution in [2.45, 2.75) is 26.3 Å². The number of likely N-dealkylation sites (tertiary alicyclic amines) is 1. The number of urea groups is 1. The summed E-state index contributed by atoms with van der Waals surface area (Å²) >= 11 is 0. The molecule has 0 radical (unpaired) electrons. The zero-order valence-electron chi connectivity index (χ0n) is 13.7. The average molecular weight is 334 g/mol. The van der Waals surface area contributed by atoms with Crippen LogP contribution in [-0.2, 0) is 16.1 Å². The number of hydrogen-bond acceptors (Lipinski definition) is 4. The third-order valence-corrected chi connectivity index (χ3v) is 4.05. The highest BCUT2D eigenvalue weighted by molar-refractivity contribution is 5.87. The van der Waals surface area contributed by atoms with Gasteiger partial charge in [0.05, 0.1) is 18.1 Å². The number of ether oxygens (including phenoxy) is 1. The number of aromatic carboxylic acids is 1. The van der Waals surface area contributed by atoms with Crippen molar-refractivity contribution in [3.8, 4) is 0 Å². The van der Waals surface area contributed by atoms with E-state index in [9.17, 15) is 14.4 Å². The number of hydrogen-bond donors (Lipinski definition) is 2. The highest BCUT2D eigenvalue weighted by atomic mass is 16.5. The van der Waals surface area contributed by atoms with Gasteiger partial charge in [-0.2, -0.15) is 0 Å². The second-order valence-electron chi connectivity index (χ2n) is 5.67. The first-order valence-electron chi connectivity index (χ1n) is 8.03. The van der Waals surface area contributed by atoms with Gasteiger partial charge >= 0.3 is 18.0 Å². The van der Waals surface area contributed by atoms with Crippen LogP contribution in [0.4, 0.5) is 4.79 Å². The summed E-state index contributed by atoms with van der Waals surface area (Å²) in [5.41, 5.74) is 1.04. The molecule has 7 nitrogen and oxygen atoms in total. The number of carboxylic acids is 1. The molecule has 0 spiro atoms. The number of esters is 1. The van der Waals surface area contributed by atoms with Crippen LogP contribution in [0.15, 0.2) is 24.3 Å². The number of rotatable bonds is 5. The lowest BCUT2D eigenvalue weighted by molar-refractivity contribution is -0.149. The molecule has 0 saturated carbocycles. The van der Waals surface area contributed by atoms with Gasteiger partial charge in [0.1, 0.15) is 0 Å². The molecule has 2 amide bonds. The van der Waals surface area contributed by atoms with Gasteiger partial charge in [-0.3, -0.25) is 4.79 Å². The Labute approximate surface area is 140 Å². The maximum Gasteiger partial charge on any atom is 0.335 e. The summed E-state index contributed by atoms with van der Waals surface area (Å²) in [4.78, 5) is 36.3. The van der Waals surface area contributed by atoms with Gasteiger partial charge in [0.15, 0.2) is 0 Å². The van der Waals surface area contributed by atoms with E-state index in [0.717, 1.165) is 5.56 Å². The number of nitrogens with zero attached hydrogens (tertiary/aromatic N) is 1. The molecule has 1 fully saturated rings. The van der Waals surface area contributed by atoms with E-state index in [-0.39, 0.29) is 23.5 Å². The second-order valence-corrected chi connectivity index (χ2v) is 5.67. The Kier molecular flexibility index (Phi) is 6.17. The van der Waals surface area contributed by atoms with Gasteiger partial charge in [0, 0.05) is 19.6 Å². The maximum absolute atomic E-state index is 12.2. The minimum Gasteiger partial charge on any atom is -0.478 e. The van der Waals surface area contributed by atoms with Crippen LogP contribution >= 0.6 is 0 Å². The fraction of sp³-hybridized carbons (Fsp3) is 0.471. The van der Waals surface area contributed by atoms with Crippen LogP contribution in [0.1, 0.15) is 35.7 Å². The molecule has 1 aliphatic heterocycles. The summed E-state index contributed by atoms with van der Waals surface area (Å²) < 4.78 is 5.01. The summed E-state index contributed by atoms with van der Waals surface area (Å²) in [5.74, 6) is -1.29. The number of carboxylic acid groups (broad SMARTS) is 1. The first kappa shape index (κ1) is 17.8. The molecule has 1 aromatic rings. The smallest absolute Gasteiger partial charge is 0.335 e. The van der Waals surface area contributed by atoms with Crippen LogP contribution in [-0.4, -0.2) is 47.7 Å². The predicted molar refractivity (Wildman–Crippen MR) is 86.6 cm³/mol. The van der Waals surface area contributed by atoms with Crippen molar-refractivity contribution >= 4 is 18.0 Å². The summed E-state index contributed by atoms with van der Waals surface area (Å²) in [5, 5.41) is 11.7. The standard InChI is InChI=1S/C17H22N2O5/c1-2-24-16(22)14-7-9-19(10-8-14)17(23)18-11-12-3-5-13(6-4-12)15(20)21/h3-6,14H,2,7-11H2,1H3,(H,18,23)(H,20,21). The highest BCUT2D eigenvalue weighted by Gasteiger charge is 2.28. The van der Waals surface area contributed by atoms with Gasteiger partial charge in [-0.1, -0.05) is 12.1 Å². The van der Waals surface area contributed by atoms with E-state index in [1.807, 2.05) is 0 Å². The Bertz CT molecular complexity index is 592. The summed E-state index contributed by atoms with van der Waals surface area (Å²) in [6.45, 7) is 3.53. The average Bonchev–Trinajstić information content (AvgIpc) is 2.60. The fourth-order valence-corrected chi connectivity index (χ4v) is 2.63. The highest BCUT2D eigenvalue weighted by Crippen LogP contribution is 2.18. The van der Waals surface area contributed by atoms with Crippen molar-refractivity contribution in [1.82, 2.24) is 10.2 Å². The molecule has 1 aliphatic rings. The Morgan fingerprint density at radius 1 is 1.21 bits per heavy atom. The molecule has 0 unspecified atom stereocenters. The first-order chi connectivity index (χ1) is 11.5. The molecule has 1 heterocycles. The van der Waals surface area contributed by atoms with E-state index in [2.05, 4.69) is 5.32 Å². The number of carbonyl (C=O) groups excluding carboxylic acids is 2. The lowest BCUT2D eigenvalue weighted by Gasteiger charge is -2.30. The molecule has 0 aliphatic carbocycles. The van der Waals surface area contributed by atoms with Gasteiger partial charge in [0.25, 0.3) is 0 Å². The monoisotopic (exact) mass is 334 g/mol. The molecule has 1 saturated heterocycles. The Morgan fingerprint density at radius 2 is 1.83 bits per heavy atom. The second kappa shape index (κ2) is 8.33. The van der Waals surface area contributed by atoms with Crippen LogP contribution in [0.5, 0.6) is 0 Å². The molecule has 0 bridgehead atoms. The summed E-state index contributed by atoms with van der Waals surface area (Å²) in [6, 6.07) is 6.19. The first-order valence-corrected chi connectivity index (χ1v) is 8.03. The third kappa shape index (κ3) is 4.71. The van der Waals surface area contributed by atoms with Crippen LogP contribution < -0.4 is 5.32 Å². The molecular weight excluding hydrogens is 312 g/mol. The zero-order valence-corrected chi connectivity index (χ0v) is 13.7. The van der Waals surface area contributed by atoms with Crippen molar-refractivity contribution in [3.05, 3.63) is 35.4 Å². The largest absolute Gasteiger partial charge is 0.478 e. The maximum atomic E-state index is 12.2. The normalized spacial score (nSPS) is 15.0. The van der Waals surface area contributed by atoms with Crippen LogP contribution in [0, 0.1) is 5.92 Å². The number of nitrogens with one attached hydrogen (secondary N) is 1. The van der Waals surface area contributed by atoms with E-state index in [4.69, 9.17) is 9.84 Å². The Morgan fingerprint density at radius 3 is 2.38 bits per heavy atom. The molecule has 24 heavy (non-hydrogen) atoms. The third-order valence-electron chi connectivity index (χ3n) is 4.05. The zero-order chi connectivity index (χ0) is 17.5. The van der Waals surface area contributed by atoms with Crippen LogP contribution in [0.2, 0.25) is 0 Å². The Balaban J connectivity index is 1.77. The lowest BCUT2D eigenvalue weighted by atomic mass is 9.97. The Hall–Kier alpha value is -2.57. The van der Waals surface area contributed by atoms with Gasteiger partial charge < -0.3 is 20.1 Å². The van der Waals surface area contributed by atoms with E-state index in [0.29, 0.717) is 39.1 Å². The van der Waals surface area contributed by atoms with Crippen LogP contribution in [0.3, 0.4) is 0 Å². The van der Waals surface area contributed by atoms with Gasteiger partial charge in [0.2, 0.25) is 0 Å². The van der Waals surface area contributed by atoms with Crippen molar-refractivity contribution in [3.63, 3.8) is 0 Å². The summed E-state index contributed by atoms with van der Waals surface area (Å²) in [6.07, 6.45) is 1.22. The van der Waals surface area contributed by atoms with E-state index >= 15 is 0 Å². The minimum atomic E-state index is -0.977. The predicted octanol–water partition coefficient (Wildman–Crippen LogP) is 1.87. The molecule has 130 valence electrons. The van der Waals surface area contributed by atoms with E-state index in [1.165, 1.54) is 12.1 Å². The summed E-state index contributed by atoms with van der Waals surface area (Å²) in [7, 11) is 0. The molecule has 0 aromatic heterocycles. The lowest BCUT2D eigenvalue weighted by Crippen LogP contribution is -2.45. The van der Waals surface area contributed by atoms with Crippen molar-refractivity contribution < 1.29 is 24.2 Å². The molecule has 7 heteroatoms. The molecule has 2 N–H and O–H groups in total. The van der Waals surface area contributed by atoms with Crippen LogP contribution in [0.25, 0.3) is 0 Å². The van der Waals surface area contributed by atoms with Gasteiger partial charge in [-0.15, -0.1) is 0 Å².